The smallest absolute Gasteiger partial charge is 0.0811 e. The maximum absolute atomic E-state index is 10.2. The SMILES string of the molecule is C=C1/C(=C\C=C2\CCCC3(C)[C@@H]([C@H](C)C=C[C@@H](O)C4CC4)CC[C@@H]23)C[C@@H](O)C[C@@H]1O. The van der Waals surface area contributed by atoms with E-state index in [-0.39, 0.29) is 6.10 Å². The van der Waals surface area contributed by atoms with Crippen molar-refractivity contribution in [2.75, 3.05) is 0 Å². The maximum Gasteiger partial charge on any atom is 0.0811 e. The summed E-state index contributed by atoms with van der Waals surface area (Å²) in [5.74, 6) is 2.28. The van der Waals surface area contributed by atoms with Gasteiger partial charge in [-0.2, -0.15) is 0 Å². The highest BCUT2D eigenvalue weighted by Crippen LogP contribution is 2.59. The monoisotopic (exact) mass is 412 g/mol. The molecule has 4 saturated carbocycles. The van der Waals surface area contributed by atoms with Crippen molar-refractivity contribution in [2.45, 2.75) is 89.9 Å². The van der Waals surface area contributed by atoms with Crippen LogP contribution in [0, 0.1) is 29.1 Å². The normalized spacial score (nSPS) is 42.1. The van der Waals surface area contributed by atoms with E-state index >= 15 is 0 Å². The number of aliphatic hydroxyl groups excluding tert-OH is 3. The molecule has 0 aromatic heterocycles. The van der Waals surface area contributed by atoms with Crippen molar-refractivity contribution < 1.29 is 15.3 Å². The van der Waals surface area contributed by atoms with Gasteiger partial charge >= 0.3 is 0 Å². The molecule has 0 amide bonds. The molecule has 0 saturated heterocycles. The van der Waals surface area contributed by atoms with Gasteiger partial charge in [0, 0.05) is 6.42 Å². The van der Waals surface area contributed by atoms with Crippen molar-refractivity contribution in [3.63, 3.8) is 0 Å². The quantitative estimate of drug-likeness (QED) is 0.551. The van der Waals surface area contributed by atoms with Crippen LogP contribution in [0.1, 0.15) is 71.6 Å². The number of rotatable bonds is 5. The van der Waals surface area contributed by atoms with E-state index in [1.165, 1.54) is 44.1 Å². The number of aliphatic hydroxyl groups is 3. The first-order valence-electron chi connectivity index (χ1n) is 12.1. The Hall–Kier alpha value is -1.16. The zero-order valence-corrected chi connectivity index (χ0v) is 18.8. The van der Waals surface area contributed by atoms with Crippen molar-refractivity contribution in [2.24, 2.45) is 29.1 Å². The number of hydrogen-bond acceptors (Lipinski definition) is 3. The summed E-state index contributed by atoms with van der Waals surface area (Å²) in [5.41, 5.74) is 3.63. The lowest BCUT2D eigenvalue weighted by molar-refractivity contribution is 0.0862. The van der Waals surface area contributed by atoms with Crippen LogP contribution in [0.25, 0.3) is 0 Å². The zero-order valence-electron chi connectivity index (χ0n) is 18.8. The molecule has 4 aliphatic carbocycles. The minimum atomic E-state index is -0.621. The van der Waals surface area contributed by atoms with Crippen LogP contribution >= 0.6 is 0 Å². The molecule has 0 aromatic carbocycles. The summed E-state index contributed by atoms with van der Waals surface area (Å²) >= 11 is 0. The predicted octanol–water partition coefficient (Wildman–Crippen LogP) is 5.09. The van der Waals surface area contributed by atoms with Crippen LogP contribution in [0.5, 0.6) is 0 Å². The molecule has 166 valence electrons. The Balaban J connectivity index is 1.48. The van der Waals surface area contributed by atoms with E-state index in [0.717, 1.165) is 17.6 Å². The fourth-order valence-electron chi connectivity index (χ4n) is 6.63. The van der Waals surface area contributed by atoms with Gasteiger partial charge in [-0.25, -0.2) is 0 Å². The van der Waals surface area contributed by atoms with Crippen LogP contribution < -0.4 is 0 Å². The largest absolute Gasteiger partial charge is 0.393 e. The van der Waals surface area contributed by atoms with Gasteiger partial charge in [-0.05, 0) is 91.6 Å². The predicted molar refractivity (Wildman–Crippen MR) is 122 cm³/mol. The van der Waals surface area contributed by atoms with Gasteiger partial charge in [-0.15, -0.1) is 0 Å². The molecule has 0 aromatic rings. The first-order chi connectivity index (χ1) is 14.3. The molecule has 4 fully saturated rings. The molecule has 3 heteroatoms. The molecular weight excluding hydrogens is 372 g/mol. The molecule has 3 nitrogen and oxygen atoms in total. The molecule has 0 heterocycles. The lowest BCUT2D eigenvalue weighted by Crippen LogP contribution is -2.35. The maximum atomic E-state index is 10.2. The van der Waals surface area contributed by atoms with Crippen molar-refractivity contribution in [3.05, 3.63) is 47.6 Å². The van der Waals surface area contributed by atoms with E-state index in [0.29, 0.717) is 41.9 Å². The summed E-state index contributed by atoms with van der Waals surface area (Å²) < 4.78 is 0. The van der Waals surface area contributed by atoms with Crippen LogP contribution in [0.3, 0.4) is 0 Å². The minimum absolute atomic E-state index is 0.250. The van der Waals surface area contributed by atoms with Gasteiger partial charge < -0.3 is 15.3 Å². The van der Waals surface area contributed by atoms with Gasteiger partial charge in [0.1, 0.15) is 0 Å². The topological polar surface area (TPSA) is 60.7 Å². The van der Waals surface area contributed by atoms with E-state index in [4.69, 9.17) is 0 Å². The molecule has 0 spiro atoms. The second kappa shape index (κ2) is 8.76. The summed E-state index contributed by atoms with van der Waals surface area (Å²) in [6.07, 6.45) is 16.9. The number of hydrogen-bond donors (Lipinski definition) is 3. The Kier molecular flexibility index (Phi) is 6.44. The molecule has 0 radical (unpaired) electrons. The van der Waals surface area contributed by atoms with Gasteiger partial charge in [-0.1, -0.05) is 50.3 Å². The second-order valence-corrected chi connectivity index (χ2v) is 10.7. The van der Waals surface area contributed by atoms with E-state index in [1.54, 1.807) is 0 Å². The van der Waals surface area contributed by atoms with Gasteiger partial charge in [0.15, 0.2) is 0 Å². The highest BCUT2D eigenvalue weighted by molar-refractivity contribution is 5.38. The molecule has 4 aliphatic rings. The van der Waals surface area contributed by atoms with Crippen molar-refractivity contribution in [1.82, 2.24) is 0 Å². The summed E-state index contributed by atoms with van der Waals surface area (Å²) in [6.45, 7) is 8.88. The van der Waals surface area contributed by atoms with Gasteiger partial charge in [0.25, 0.3) is 0 Å². The number of allylic oxidation sites excluding steroid dienone is 4. The molecule has 3 N–H and O–H groups in total. The third-order valence-corrected chi connectivity index (χ3v) is 8.65. The van der Waals surface area contributed by atoms with Crippen LogP contribution in [0.4, 0.5) is 0 Å². The van der Waals surface area contributed by atoms with E-state index in [2.05, 4.69) is 44.7 Å². The van der Waals surface area contributed by atoms with Crippen molar-refractivity contribution >= 4 is 0 Å². The van der Waals surface area contributed by atoms with Gasteiger partial charge in [0.05, 0.1) is 18.3 Å². The highest BCUT2D eigenvalue weighted by Gasteiger charge is 2.50. The van der Waals surface area contributed by atoms with Crippen LogP contribution in [0.15, 0.2) is 47.6 Å². The summed E-state index contributed by atoms with van der Waals surface area (Å²) in [4.78, 5) is 0. The average molecular weight is 413 g/mol. The molecule has 1 unspecified atom stereocenters. The summed E-state index contributed by atoms with van der Waals surface area (Å²) in [6, 6.07) is 0. The molecular formula is C27H40O3. The summed E-state index contributed by atoms with van der Waals surface area (Å²) in [7, 11) is 0. The molecule has 0 aliphatic heterocycles. The zero-order chi connectivity index (χ0) is 21.5. The minimum Gasteiger partial charge on any atom is -0.393 e. The average Bonchev–Trinajstić information content (AvgIpc) is 3.49. The van der Waals surface area contributed by atoms with Gasteiger partial charge in [0.2, 0.25) is 0 Å². The Morgan fingerprint density at radius 3 is 2.60 bits per heavy atom. The highest BCUT2D eigenvalue weighted by atomic mass is 16.3. The number of fused-ring (bicyclic) bond motifs is 1. The first kappa shape index (κ1) is 22.0. The second-order valence-electron chi connectivity index (χ2n) is 10.7. The van der Waals surface area contributed by atoms with Gasteiger partial charge in [-0.3, -0.25) is 0 Å². The van der Waals surface area contributed by atoms with Crippen molar-refractivity contribution in [3.8, 4) is 0 Å². The lowest BCUT2D eigenvalue weighted by Gasteiger charge is -2.44. The third kappa shape index (κ3) is 4.40. The van der Waals surface area contributed by atoms with Crippen molar-refractivity contribution in [1.29, 1.82) is 0 Å². The molecule has 30 heavy (non-hydrogen) atoms. The first-order valence-corrected chi connectivity index (χ1v) is 12.1. The molecule has 4 rings (SSSR count). The Morgan fingerprint density at radius 2 is 1.87 bits per heavy atom. The van der Waals surface area contributed by atoms with Crippen LogP contribution in [-0.2, 0) is 0 Å². The molecule has 0 bridgehead atoms. The lowest BCUT2D eigenvalue weighted by atomic mass is 9.61. The van der Waals surface area contributed by atoms with E-state index in [1.807, 2.05) is 0 Å². The fourth-order valence-corrected chi connectivity index (χ4v) is 6.63. The summed E-state index contributed by atoms with van der Waals surface area (Å²) in [5, 5.41) is 30.4. The third-order valence-electron chi connectivity index (χ3n) is 8.65. The Morgan fingerprint density at radius 1 is 1.10 bits per heavy atom. The van der Waals surface area contributed by atoms with Crippen LogP contribution in [0.2, 0.25) is 0 Å². The fraction of sp³-hybridized carbons (Fsp3) is 0.704. The van der Waals surface area contributed by atoms with Crippen LogP contribution in [-0.4, -0.2) is 33.6 Å². The Labute approximate surface area is 182 Å². The van der Waals surface area contributed by atoms with E-state index < -0.39 is 12.2 Å². The molecule has 7 atom stereocenters. The van der Waals surface area contributed by atoms with E-state index in [9.17, 15) is 15.3 Å². The standard InChI is InChI=1S/C27H40O3/c1-17(6-13-25(29)20-8-9-20)23-11-12-24-19(5-4-14-27(23,24)3)7-10-21-15-22(28)16-26(30)18(21)2/h6-7,10,13,17,20,22-26,28-30H,2,4-5,8-9,11-12,14-16H2,1,3H3/b13-6?,19-7-,21-10-/t17-,22-,23-,24+,25-,26+,27?/m1/s1. The Bertz CT molecular complexity index is 743.